The van der Waals surface area contributed by atoms with Crippen LogP contribution in [0.3, 0.4) is 0 Å². The maximum atomic E-state index is 14.2. The average Bonchev–Trinajstić information content (AvgIpc) is 3.40. The first-order valence-corrected chi connectivity index (χ1v) is 15.4. The number of likely N-dealkylation sites (tertiary alicyclic amines) is 1. The molecule has 2 fully saturated rings. The normalized spacial score (nSPS) is 21.6. The van der Waals surface area contributed by atoms with Gasteiger partial charge in [0.05, 0.1) is 6.04 Å². The summed E-state index contributed by atoms with van der Waals surface area (Å²) in [6, 6.07) is -2.62. The molecule has 4 amide bonds. The van der Waals surface area contributed by atoms with Crippen molar-refractivity contribution < 1.29 is 28.7 Å². The van der Waals surface area contributed by atoms with Gasteiger partial charge in [-0.3, -0.25) is 19.2 Å². The zero-order chi connectivity index (χ0) is 30.7. The van der Waals surface area contributed by atoms with Crippen LogP contribution in [0.5, 0.6) is 0 Å². The van der Waals surface area contributed by atoms with Crippen LogP contribution in [0.4, 0.5) is 4.79 Å². The number of nitrogens with zero attached hydrogens (tertiary/aromatic N) is 1. The first-order valence-electron chi connectivity index (χ1n) is 15.4. The molecule has 0 bridgehead atoms. The van der Waals surface area contributed by atoms with Gasteiger partial charge in [0.15, 0.2) is 0 Å². The van der Waals surface area contributed by atoms with Crippen LogP contribution in [0, 0.1) is 23.7 Å². The summed E-state index contributed by atoms with van der Waals surface area (Å²) in [6.45, 7) is 15.7. The number of rotatable bonds is 14. The fourth-order valence-corrected chi connectivity index (χ4v) is 5.82. The van der Waals surface area contributed by atoms with Crippen molar-refractivity contribution in [2.75, 3.05) is 13.1 Å². The van der Waals surface area contributed by atoms with E-state index in [0.717, 1.165) is 32.1 Å². The molecule has 1 heterocycles. The Morgan fingerprint density at radius 3 is 2.20 bits per heavy atom. The molecular formula is C31H52N4O6. The van der Waals surface area contributed by atoms with E-state index in [-0.39, 0.29) is 42.2 Å². The number of amides is 4. The van der Waals surface area contributed by atoms with Gasteiger partial charge in [0.1, 0.15) is 18.2 Å². The van der Waals surface area contributed by atoms with Crippen molar-refractivity contribution in [1.82, 2.24) is 20.9 Å². The molecule has 10 heteroatoms. The zero-order valence-corrected chi connectivity index (χ0v) is 25.9. The minimum atomic E-state index is -0.998. The van der Waals surface area contributed by atoms with Gasteiger partial charge >= 0.3 is 6.09 Å². The van der Waals surface area contributed by atoms with E-state index < -0.39 is 41.8 Å². The molecule has 0 aromatic carbocycles. The van der Waals surface area contributed by atoms with Crippen LogP contribution in [0.15, 0.2) is 12.7 Å². The molecule has 41 heavy (non-hydrogen) atoms. The molecule has 10 nitrogen and oxygen atoms in total. The Morgan fingerprint density at radius 1 is 0.976 bits per heavy atom. The summed E-state index contributed by atoms with van der Waals surface area (Å²) in [5.74, 6) is -2.21. The second kappa shape index (κ2) is 16.5. The second-order valence-corrected chi connectivity index (χ2v) is 12.3. The van der Waals surface area contributed by atoms with Gasteiger partial charge in [0.25, 0.3) is 5.91 Å². The Balaban J connectivity index is 2.32. The number of hydrogen-bond acceptors (Lipinski definition) is 6. The third kappa shape index (κ3) is 9.57. The largest absolute Gasteiger partial charge is 0.446 e. The molecule has 232 valence electrons. The first kappa shape index (κ1) is 34.3. The van der Waals surface area contributed by atoms with Gasteiger partial charge < -0.3 is 25.6 Å². The van der Waals surface area contributed by atoms with E-state index in [4.69, 9.17) is 4.74 Å². The monoisotopic (exact) mass is 576 g/mol. The zero-order valence-electron chi connectivity index (χ0n) is 25.9. The number of Topliss-reactive ketones (excluding diaryl/α,β-unsaturated/α-hetero) is 1. The number of carbonyl (C=O) groups excluding carboxylic acids is 5. The summed E-state index contributed by atoms with van der Waals surface area (Å²) in [6.07, 6.45) is 6.68. The number of nitrogens with one attached hydrogen (secondary N) is 3. The van der Waals surface area contributed by atoms with Crippen LogP contribution in [0.25, 0.3) is 0 Å². The van der Waals surface area contributed by atoms with E-state index in [1.165, 1.54) is 6.08 Å². The fraction of sp³-hybridized carbons (Fsp3) is 0.774. The molecule has 2 rings (SSSR count). The number of ether oxygens (including phenoxy) is 1. The first-order chi connectivity index (χ1) is 19.4. The quantitative estimate of drug-likeness (QED) is 0.213. The molecule has 1 aliphatic carbocycles. The SMILES string of the molecule is C=CCNC(=O)C(=O)C(CCC)NC(=O)[C@@H]1[C@@H](C(C)C)CCN1C(=O)[C@@H](NC(=O)O[C@H](C)C(C)C)C1CCCCC1. The Bertz CT molecular complexity index is 930. The lowest BCUT2D eigenvalue weighted by Gasteiger charge is -2.36. The average molecular weight is 577 g/mol. The highest BCUT2D eigenvalue weighted by molar-refractivity contribution is 6.38. The Kier molecular flexibility index (Phi) is 13.8. The summed E-state index contributed by atoms with van der Waals surface area (Å²) >= 11 is 0. The van der Waals surface area contributed by atoms with Crippen LogP contribution in [-0.2, 0) is 23.9 Å². The van der Waals surface area contributed by atoms with E-state index in [1.807, 2.05) is 41.5 Å². The summed E-state index contributed by atoms with van der Waals surface area (Å²) < 4.78 is 5.55. The molecule has 3 N–H and O–H groups in total. The van der Waals surface area contributed by atoms with Crippen molar-refractivity contribution in [2.45, 2.75) is 117 Å². The molecule has 0 spiro atoms. The van der Waals surface area contributed by atoms with Gasteiger partial charge in [-0.15, -0.1) is 6.58 Å². The molecule has 1 saturated carbocycles. The van der Waals surface area contributed by atoms with Crippen molar-refractivity contribution in [3.05, 3.63) is 12.7 Å². The Labute approximate surface area is 245 Å². The highest BCUT2D eigenvalue weighted by Gasteiger charge is 2.47. The van der Waals surface area contributed by atoms with Gasteiger partial charge in [-0.1, -0.05) is 66.4 Å². The number of ketones is 1. The lowest BCUT2D eigenvalue weighted by molar-refractivity contribution is -0.144. The van der Waals surface area contributed by atoms with E-state index in [1.54, 1.807) is 4.90 Å². The molecular weight excluding hydrogens is 524 g/mol. The fourth-order valence-electron chi connectivity index (χ4n) is 5.82. The maximum Gasteiger partial charge on any atom is 0.408 e. The third-order valence-corrected chi connectivity index (χ3v) is 8.59. The molecule has 0 radical (unpaired) electrons. The molecule has 0 aromatic heterocycles. The van der Waals surface area contributed by atoms with Crippen LogP contribution in [-0.4, -0.2) is 71.8 Å². The maximum absolute atomic E-state index is 14.2. The van der Waals surface area contributed by atoms with Crippen LogP contribution >= 0.6 is 0 Å². The van der Waals surface area contributed by atoms with Gasteiger partial charge in [-0.25, -0.2) is 4.79 Å². The minimum absolute atomic E-state index is 0.0528. The molecule has 0 aromatic rings. The second-order valence-electron chi connectivity index (χ2n) is 12.3. The van der Waals surface area contributed by atoms with Crippen molar-refractivity contribution in [3.63, 3.8) is 0 Å². The molecule has 5 atom stereocenters. The van der Waals surface area contributed by atoms with E-state index in [0.29, 0.717) is 25.8 Å². The highest BCUT2D eigenvalue weighted by Crippen LogP contribution is 2.34. The molecule has 1 aliphatic heterocycles. The lowest BCUT2D eigenvalue weighted by Crippen LogP contribution is -2.59. The Morgan fingerprint density at radius 2 is 1.63 bits per heavy atom. The highest BCUT2D eigenvalue weighted by atomic mass is 16.6. The van der Waals surface area contributed by atoms with E-state index in [2.05, 4.69) is 22.5 Å². The minimum Gasteiger partial charge on any atom is -0.446 e. The summed E-state index contributed by atoms with van der Waals surface area (Å²) in [5, 5.41) is 8.15. The van der Waals surface area contributed by atoms with E-state index in [9.17, 15) is 24.0 Å². The summed E-state index contributed by atoms with van der Waals surface area (Å²) in [7, 11) is 0. The van der Waals surface area contributed by atoms with Crippen molar-refractivity contribution in [3.8, 4) is 0 Å². The molecule has 2 aliphatic rings. The third-order valence-electron chi connectivity index (χ3n) is 8.59. The van der Waals surface area contributed by atoms with Gasteiger partial charge in [0.2, 0.25) is 17.6 Å². The topological polar surface area (TPSA) is 134 Å². The summed E-state index contributed by atoms with van der Waals surface area (Å²) in [4.78, 5) is 67.7. The molecule has 1 saturated heterocycles. The van der Waals surface area contributed by atoms with Gasteiger partial charge in [-0.05, 0) is 56.3 Å². The molecule has 1 unspecified atom stereocenters. The van der Waals surface area contributed by atoms with E-state index >= 15 is 0 Å². The lowest BCUT2D eigenvalue weighted by atomic mass is 9.83. The number of carbonyl (C=O) groups is 5. The van der Waals surface area contributed by atoms with Crippen LogP contribution < -0.4 is 16.0 Å². The van der Waals surface area contributed by atoms with Gasteiger partial charge in [0, 0.05) is 13.1 Å². The predicted molar refractivity (Wildman–Crippen MR) is 158 cm³/mol. The Hall–Kier alpha value is -2.91. The van der Waals surface area contributed by atoms with Crippen LogP contribution in [0.1, 0.15) is 92.9 Å². The van der Waals surface area contributed by atoms with Crippen LogP contribution in [0.2, 0.25) is 0 Å². The standard InChI is InChI=1S/C31H52N4O6/c1-8-13-24(27(36)29(38)32-17-9-2)33-28(37)26-23(20(5)6)16-18-35(26)30(39)25(22-14-11-10-12-15-22)34-31(40)41-21(7)19(3)4/h9,19-26H,2,8,10-18H2,1,3-7H3,(H,32,38)(H,33,37)(H,34,40)/t21-,23-,24?,25+,26+/m1/s1. The number of alkyl carbamates (subject to hydrolysis) is 1. The van der Waals surface area contributed by atoms with Gasteiger partial charge in [-0.2, -0.15) is 0 Å². The predicted octanol–water partition coefficient (Wildman–Crippen LogP) is 3.74. The smallest absolute Gasteiger partial charge is 0.408 e. The van der Waals surface area contributed by atoms with Crippen molar-refractivity contribution in [1.29, 1.82) is 0 Å². The van der Waals surface area contributed by atoms with Crippen molar-refractivity contribution in [2.24, 2.45) is 23.7 Å². The number of hydrogen-bond donors (Lipinski definition) is 3. The van der Waals surface area contributed by atoms with Crippen molar-refractivity contribution >= 4 is 29.6 Å². The summed E-state index contributed by atoms with van der Waals surface area (Å²) in [5.41, 5.74) is 0.